The summed E-state index contributed by atoms with van der Waals surface area (Å²) in [6.07, 6.45) is 1.40. The molecule has 0 saturated carbocycles. The van der Waals surface area contributed by atoms with Crippen molar-refractivity contribution in [3.8, 4) is 0 Å². The minimum absolute atomic E-state index is 0. The number of ketones is 1. The first-order valence-corrected chi connectivity index (χ1v) is 6.72. The maximum atomic E-state index is 12.4. The Kier molecular flexibility index (Phi) is 3.43. The SMILES string of the molecule is O=C1c2ccc(B(O)O)cc2CC1Cc1ccccc1.[HH].[HH]. The summed E-state index contributed by atoms with van der Waals surface area (Å²) in [5, 5.41) is 18.4. The summed E-state index contributed by atoms with van der Waals surface area (Å²) >= 11 is 0. The molecular weight excluding hydrogens is 251 g/mol. The molecule has 4 heteroatoms. The van der Waals surface area contributed by atoms with Gasteiger partial charge in [0.15, 0.2) is 5.78 Å². The molecule has 0 aromatic heterocycles. The van der Waals surface area contributed by atoms with Crippen molar-refractivity contribution in [3.63, 3.8) is 0 Å². The minimum Gasteiger partial charge on any atom is -0.423 e. The highest BCUT2D eigenvalue weighted by molar-refractivity contribution is 6.58. The molecule has 0 bridgehead atoms. The maximum Gasteiger partial charge on any atom is 0.488 e. The summed E-state index contributed by atoms with van der Waals surface area (Å²) in [6, 6.07) is 15.0. The second-order valence-electron chi connectivity index (χ2n) is 5.25. The second kappa shape index (κ2) is 5.23. The lowest BCUT2D eigenvalue weighted by atomic mass is 9.79. The lowest BCUT2D eigenvalue weighted by Crippen LogP contribution is -2.30. The van der Waals surface area contributed by atoms with Crippen molar-refractivity contribution in [1.82, 2.24) is 0 Å². The molecule has 0 heterocycles. The van der Waals surface area contributed by atoms with Crippen molar-refractivity contribution in [2.24, 2.45) is 5.92 Å². The number of hydrogen-bond donors (Lipinski definition) is 2. The van der Waals surface area contributed by atoms with Crippen LogP contribution in [0.1, 0.15) is 24.3 Å². The molecule has 0 saturated heterocycles. The van der Waals surface area contributed by atoms with Gasteiger partial charge in [-0.25, -0.2) is 0 Å². The van der Waals surface area contributed by atoms with Gasteiger partial charge in [0.05, 0.1) is 0 Å². The number of rotatable bonds is 3. The average Bonchev–Trinajstić information content (AvgIpc) is 2.76. The van der Waals surface area contributed by atoms with Crippen LogP contribution in [0.2, 0.25) is 0 Å². The standard InChI is InChI=1S/C16H15BO3.2H2/c18-16-13(8-11-4-2-1-3-5-11)9-12-10-14(17(19)20)6-7-15(12)16;;/h1-7,10,13,19-20H,8-9H2;2*1H. The molecule has 0 radical (unpaired) electrons. The van der Waals surface area contributed by atoms with E-state index in [-0.39, 0.29) is 14.6 Å². The fourth-order valence-electron chi connectivity index (χ4n) is 2.83. The zero-order valence-corrected chi connectivity index (χ0v) is 11.0. The van der Waals surface area contributed by atoms with Gasteiger partial charge in [-0.1, -0.05) is 48.5 Å². The van der Waals surface area contributed by atoms with Crippen LogP contribution in [0.15, 0.2) is 48.5 Å². The molecule has 1 unspecified atom stereocenters. The van der Waals surface area contributed by atoms with Gasteiger partial charge in [-0.3, -0.25) is 4.79 Å². The first-order chi connectivity index (χ1) is 9.65. The second-order valence-corrected chi connectivity index (χ2v) is 5.25. The van der Waals surface area contributed by atoms with Gasteiger partial charge >= 0.3 is 7.12 Å². The fraction of sp³-hybridized carbons (Fsp3) is 0.188. The van der Waals surface area contributed by atoms with Crippen molar-refractivity contribution in [2.45, 2.75) is 12.8 Å². The predicted octanol–water partition coefficient (Wildman–Crippen LogP) is 1.46. The number of carbonyl (C=O) groups is 1. The molecule has 2 aromatic rings. The van der Waals surface area contributed by atoms with Gasteiger partial charge in [0, 0.05) is 14.3 Å². The van der Waals surface area contributed by atoms with Crippen LogP contribution in [-0.2, 0) is 12.8 Å². The predicted molar refractivity (Wildman–Crippen MR) is 82.2 cm³/mol. The van der Waals surface area contributed by atoms with Crippen molar-refractivity contribution < 1.29 is 17.7 Å². The lowest BCUT2D eigenvalue weighted by molar-refractivity contribution is 0.0936. The zero-order valence-electron chi connectivity index (χ0n) is 11.0. The van der Waals surface area contributed by atoms with Crippen LogP contribution in [0.4, 0.5) is 0 Å². The van der Waals surface area contributed by atoms with Gasteiger partial charge in [0.25, 0.3) is 0 Å². The Morgan fingerprint density at radius 3 is 2.60 bits per heavy atom. The molecule has 104 valence electrons. The third-order valence-corrected chi connectivity index (χ3v) is 3.85. The Morgan fingerprint density at radius 2 is 1.90 bits per heavy atom. The van der Waals surface area contributed by atoms with E-state index in [0.29, 0.717) is 11.9 Å². The zero-order chi connectivity index (χ0) is 14.1. The normalized spacial score (nSPS) is 17.1. The van der Waals surface area contributed by atoms with Gasteiger partial charge in [0.2, 0.25) is 0 Å². The molecule has 3 rings (SSSR count). The fourth-order valence-corrected chi connectivity index (χ4v) is 2.83. The van der Waals surface area contributed by atoms with Crippen LogP contribution in [-0.4, -0.2) is 22.9 Å². The van der Waals surface area contributed by atoms with E-state index in [9.17, 15) is 14.8 Å². The molecule has 2 N–H and O–H groups in total. The Balaban J connectivity index is 0.00000121. The Bertz CT molecular complexity index is 647. The molecule has 0 aliphatic heterocycles. The molecule has 1 aliphatic rings. The van der Waals surface area contributed by atoms with E-state index < -0.39 is 7.12 Å². The van der Waals surface area contributed by atoms with E-state index in [0.717, 1.165) is 23.1 Å². The van der Waals surface area contributed by atoms with Crippen molar-refractivity contribution in [3.05, 3.63) is 65.2 Å². The Morgan fingerprint density at radius 1 is 1.15 bits per heavy atom. The van der Waals surface area contributed by atoms with Crippen molar-refractivity contribution in [2.75, 3.05) is 0 Å². The molecule has 3 nitrogen and oxygen atoms in total. The monoisotopic (exact) mass is 270 g/mol. The van der Waals surface area contributed by atoms with Gasteiger partial charge in [-0.05, 0) is 29.4 Å². The maximum absolute atomic E-state index is 12.4. The van der Waals surface area contributed by atoms with E-state index in [4.69, 9.17) is 0 Å². The first-order valence-electron chi connectivity index (χ1n) is 6.72. The Labute approximate surface area is 121 Å². The molecule has 0 amide bonds. The highest BCUT2D eigenvalue weighted by Crippen LogP contribution is 2.28. The molecular formula is C16H19BO3. The number of fused-ring (bicyclic) bond motifs is 1. The Hall–Kier alpha value is -1.91. The smallest absolute Gasteiger partial charge is 0.423 e. The lowest BCUT2D eigenvalue weighted by Gasteiger charge is -2.07. The number of carbonyl (C=O) groups excluding carboxylic acids is 1. The van der Waals surface area contributed by atoms with Crippen LogP contribution in [0.5, 0.6) is 0 Å². The van der Waals surface area contributed by atoms with Crippen LogP contribution < -0.4 is 5.46 Å². The summed E-state index contributed by atoms with van der Waals surface area (Å²) in [7, 11) is -1.48. The number of benzene rings is 2. The first kappa shape index (κ1) is 13.1. The quantitative estimate of drug-likeness (QED) is 0.830. The number of hydrogen-bond acceptors (Lipinski definition) is 3. The van der Waals surface area contributed by atoms with Crippen molar-refractivity contribution in [1.29, 1.82) is 0 Å². The summed E-state index contributed by atoms with van der Waals surface area (Å²) in [5.41, 5.74) is 3.23. The minimum atomic E-state index is -1.48. The molecule has 1 atom stereocenters. The van der Waals surface area contributed by atoms with Crippen LogP contribution in [0, 0.1) is 5.92 Å². The molecule has 0 spiro atoms. The highest BCUT2D eigenvalue weighted by Gasteiger charge is 2.31. The third kappa shape index (κ3) is 2.40. The summed E-state index contributed by atoms with van der Waals surface area (Å²) in [6.45, 7) is 0. The topological polar surface area (TPSA) is 57.5 Å². The molecule has 0 fully saturated rings. The van der Waals surface area contributed by atoms with Gasteiger partial charge < -0.3 is 10.0 Å². The third-order valence-electron chi connectivity index (χ3n) is 3.85. The van der Waals surface area contributed by atoms with Gasteiger partial charge in [-0.2, -0.15) is 0 Å². The van der Waals surface area contributed by atoms with Gasteiger partial charge in [0.1, 0.15) is 0 Å². The molecule has 20 heavy (non-hydrogen) atoms. The van der Waals surface area contributed by atoms with E-state index in [1.807, 2.05) is 30.3 Å². The summed E-state index contributed by atoms with van der Waals surface area (Å²) < 4.78 is 0. The highest BCUT2D eigenvalue weighted by atomic mass is 16.4. The number of Topliss-reactive ketones (excluding diaryl/α,β-unsaturated/α-hetero) is 1. The van der Waals surface area contributed by atoms with Crippen LogP contribution in [0.25, 0.3) is 0 Å². The summed E-state index contributed by atoms with van der Waals surface area (Å²) in [5.74, 6) is 0.112. The van der Waals surface area contributed by atoms with E-state index in [1.54, 1.807) is 18.2 Å². The molecule has 1 aliphatic carbocycles. The summed E-state index contributed by atoms with van der Waals surface area (Å²) in [4.78, 5) is 12.4. The van der Waals surface area contributed by atoms with Crippen molar-refractivity contribution >= 4 is 18.4 Å². The van der Waals surface area contributed by atoms with Crippen LogP contribution >= 0.6 is 0 Å². The largest absolute Gasteiger partial charge is 0.488 e. The average molecular weight is 270 g/mol. The van der Waals surface area contributed by atoms with Gasteiger partial charge in [-0.15, -0.1) is 0 Å². The van der Waals surface area contributed by atoms with Crippen LogP contribution in [0.3, 0.4) is 0 Å². The van der Waals surface area contributed by atoms with E-state index in [1.165, 1.54) is 0 Å². The van der Waals surface area contributed by atoms with E-state index in [2.05, 4.69) is 0 Å². The molecule has 2 aromatic carbocycles. The van der Waals surface area contributed by atoms with E-state index >= 15 is 0 Å².